The molecule has 20 heavy (non-hydrogen) atoms. The molecule has 0 saturated carbocycles. The highest BCUT2D eigenvalue weighted by molar-refractivity contribution is 6.43. The van der Waals surface area contributed by atoms with Crippen molar-refractivity contribution in [3.05, 3.63) is 22.1 Å². The Bertz CT molecular complexity index is 650. The summed E-state index contributed by atoms with van der Waals surface area (Å²) in [5.41, 5.74) is -0.450. The monoisotopic (exact) mass is 280 g/mol. The topological polar surface area (TPSA) is 114 Å². The first-order chi connectivity index (χ1) is 9.51. The zero-order valence-electron chi connectivity index (χ0n) is 11.0. The van der Waals surface area contributed by atoms with Crippen molar-refractivity contribution in [1.82, 2.24) is 10.2 Å². The summed E-state index contributed by atoms with van der Waals surface area (Å²) in [6.45, 7) is 0. The van der Waals surface area contributed by atoms with Crippen molar-refractivity contribution in [2.24, 2.45) is 5.10 Å². The number of methoxy groups -OCH3 is 2. The number of ether oxygens (including phenoxy) is 2. The molecule has 1 aliphatic rings. The van der Waals surface area contributed by atoms with E-state index in [9.17, 15) is 14.4 Å². The maximum atomic E-state index is 11.9. The second-order valence-electron chi connectivity index (χ2n) is 3.95. The molecule has 1 aliphatic heterocycles. The Morgan fingerprint density at radius 3 is 2.65 bits per heavy atom. The molecule has 0 aromatic carbocycles. The van der Waals surface area contributed by atoms with Crippen LogP contribution >= 0.6 is 0 Å². The van der Waals surface area contributed by atoms with Gasteiger partial charge in [0.25, 0.3) is 5.56 Å². The van der Waals surface area contributed by atoms with Gasteiger partial charge in [-0.05, 0) is 0 Å². The SMILES string of the molecule is COC(=O)C1=NN(C)c2cn[nH]c(=O)c2C1C(=O)OC. The molecule has 106 valence electrons. The molecule has 2 heterocycles. The number of aromatic nitrogens is 2. The molecule has 1 unspecified atom stereocenters. The van der Waals surface area contributed by atoms with Crippen LogP contribution in [0.4, 0.5) is 5.69 Å². The van der Waals surface area contributed by atoms with Gasteiger partial charge >= 0.3 is 11.9 Å². The number of hydrogen-bond donors (Lipinski definition) is 1. The summed E-state index contributed by atoms with van der Waals surface area (Å²) >= 11 is 0. The zero-order valence-corrected chi connectivity index (χ0v) is 11.0. The van der Waals surface area contributed by atoms with E-state index in [1.807, 2.05) is 0 Å². The third kappa shape index (κ3) is 2.02. The Hall–Kier alpha value is -2.71. The number of nitrogens with one attached hydrogen (secondary N) is 1. The van der Waals surface area contributed by atoms with Crippen LogP contribution in [-0.4, -0.2) is 49.1 Å². The molecule has 0 aliphatic carbocycles. The molecule has 0 bridgehead atoms. The summed E-state index contributed by atoms with van der Waals surface area (Å²) in [5.74, 6) is -2.83. The quantitative estimate of drug-likeness (QED) is 0.691. The number of carbonyl (C=O) groups is 2. The summed E-state index contributed by atoms with van der Waals surface area (Å²) in [6, 6.07) is 0. The van der Waals surface area contributed by atoms with Crippen LogP contribution < -0.4 is 10.6 Å². The number of hydrogen-bond acceptors (Lipinski definition) is 8. The van der Waals surface area contributed by atoms with Gasteiger partial charge in [0, 0.05) is 7.05 Å². The first-order valence-electron chi connectivity index (χ1n) is 5.57. The van der Waals surface area contributed by atoms with Crippen LogP contribution in [0.3, 0.4) is 0 Å². The third-order valence-electron chi connectivity index (χ3n) is 2.87. The van der Waals surface area contributed by atoms with Crippen LogP contribution in [-0.2, 0) is 19.1 Å². The zero-order chi connectivity index (χ0) is 14.9. The lowest BCUT2D eigenvalue weighted by Gasteiger charge is -2.26. The number of anilines is 1. The predicted octanol–water partition coefficient (Wildman–Crippen LogP) is -0.995. The van der Waals surface area contributed by atoms with Crippen LogP contribution in [0, 0.1) is 0 Å². The highest BCUT2D eigenvalue weighted by Crippen LogP contribution is 2.30. The van der Waals surface area contributed by atoms with Crippen molar-refractivity contribution < 1.29 is 19.1 Å². The normalized spacial score (nSPS) is 17.1. The Morgan fingerprint density at radius 2 is 2.05 bits per heavy atom. The van der Waals surface area contributed by atoms with Gasteiger partial charge in [0.05, 0.1) is 31.7 Å². The largest absolute Gasteiger partial charge is 0.468 e. The van der Waals surface area contributed by atoms with Gasteiger partial charge in [-0.3, -0.25) is 14.6 Å². The highest BCUT2D eigenvalue weighted by atomic mass is 16.5. The average Bonchev–Trinajstić information content (AvgIpc) is 2.46. The van der Waals surface area contributed by atoms with E-state index >= 15 is 0 Å². The lowest BCUT2D eigenvalue weighted by atomic mass is 9.92. The summed E-state index contributed by atoms with van der Waals surface area (Å²) in [6.07, 6.45) is 1.34. The fourth-order valence-corrected chi connectivity index (χ4v) is 1.96. The van der Waals surface area contributed by atoms with Crippen molar-refractivity contribution >= 4 is 23.3 Å². The molecule has 1 N–H and O–H groups in total. The number of rotatable bonds is 2. The molecule has 0 spiro atoms. The fourth-order valence-electron chi connectivity index (χ4n) is 1.96. The number of fused-ring (bicyclic) bond motifs is 1. The number of H-pyrrole nitrogens is 1. The first-order valence-corrected chi connectivity index (χ1v) is 5.57. The molecule has 2 rings (SSSR count). The second-order valence-corrected chi connectivity index (χ2v) is 3.95. The van der Waals surface area contributed by atoms with E-state index in [1.54, 1.807) is 0 Å². The molecule has 1 aromatic heterocycles. The lowest BCUT2D eigenvalue weighted by molar-refractivity contribution is -0.142. The van der Waals surface area contributed by atoms with Gasteiger partial charge in [-0.25, -0.2) is 9.89 Å². The van der Waals surface area contributed by atoms with Gasteiger partial charge in [0.2, 0.25) is 0 Å². The number of hydrazone groups is 1. The molecule has 9 nitrogen and oxygen atoms in total. The van der Waals surface area contributed by atoms with Crippen molar-refractivity contribution in [2.75, 3.05) is 26.3 Å². The van der Waals surface area contributed by atoms with E-state index < -0.39 is 23.4 Å². The minimum Gasteiger partial charge on any atom is -0.468 e. The minimum atomic E-state index is -1.25. The van der Waals surface area contributed by atoms with Crippen molar-refractivity contribution in [1.29, 1.82) is 0 Å². The summed E-state index contributed by atoms with van der Waals surface area (Å²) in [7, 11) is 3.84. The van der Waals surface area contributed by atoms with Crippen molar-refractivity contribution in [3.8, 4) is 0 Å². The maximum absolute atomic E-state index is 11.9. The van der Waals surface area contributed by atoms with Crippen LogP contribution in [0.25, 0.3) is 0 Å². The van der Waals surface area contributed by atoms with Crippen molar-refractivity contribution in [2.45, 2.75) is 5.92 Å². The van der Waals surface area contributed by atoms with Gasteiger partial charge in [-0.15, -0.1) is 0 Å². The summed E-state index contributed by atoms with van der Waals surface area (Å²) < 4.78 is 9.23. The Kier molecular flexibility index (Phi) is 3.51. The first kappa shape index (κ1) is 13.7. The van der Waals surface area contributed by atoms with Crippen LogP contribution in [0.2, 0.25) is 0 Å². The lowest BCUT2D eigenvalue weighted by Crippen LogP contribution is -2.40. The molecule has 0 saturated heterocycles. The van der Waals surface area contributed by atoms with E-state index in [0.717, 1.165) is 14.2 Å². The van der Waals surface area contributed by atoms with E-state index in [0.29, 0.717) is 5.69 Å². The van der Waals surface area contributed by atoms with Gasteiger partial charge in [0.1, 0.15) is 5.92 Å². The van der Waals surface area contributed by atoms with Crippen molar-refractivity contribution in [3.63, 3.8) is 0 Å². The minimum absolute atomic E-state index is 0.0461. The van der Waals surface area contributed by atoms with E-state index in [1.165, 1.54) is 18.3 Å². The Labute approximate surface area is 113 Å². The van der Waals surface area contributed by atoms with Gasteiger partial charge in [-0.1, -0.05) is 0 Å². The second kappa shape index (κ2) is 5.11. The van der Waals surface area contributed by atoms with E-state index in [2.05, 4.69) is 24.8 Å². The average molecular weight is 280 g/mol. The standard InChI is InChI=1S/C11H12N4O5/c1-15-5-4-12-13-9(16)6(5)7(10(17)19-2)8(14-15)11(18)20-3/h4,7H,1-3H3,(H,13,16). The van der Waals surface area contributed by atoms with Crippen LogP contribution in [0.5, 0.6) is 0 Å². The third-order valence-corrected chi connectivity index (χ3v) is 2.87. The van der Waals surface area contributed by atoms with Crippen LogP contribution in [0.1, 0.15) is 11.5 Å². The molecule has 0 radical (unpaired) electrons. The molecule has 0 amide bonds. The number of esters is 2. The fraction of sp³-hybridized carbons (Fsp3) is 0.364. The molecular weight excluding hydrogens is 268 g/mol. The molecule has 1 atom stereocenters. The maximum Gasteiger partial charge on any atom is 0.355 e. The summed E-state index contributed by atoms with van der Waals surface area (Å²) in [4.78, 5) is 35.6. The van der Waals surface area contributed by atoms with Gasteiger partial charge in [-0.2, -0.15) is 10.2 Å². The molecule has 0 fully saturated rings. The van der Waals surface area contributed by atoms with E-state index in [4.69, 9.17) is 0 Å². The smallest absolute Gasteiger partial charge is 0.355 e. The number of nitrogens with zero attached hydrogens (tertiary/aromatic N) is 3. The Morgan fingerprint density at radius 1 is 1.35 bits per heavy atom. The van der Waals surface area contributed by atoms with Crippen LogP contribution in [0.15, 0.2) is 16.1 Å². The molecule has 1 aromatic rings. The molecule has 9 heteroatoms. The Balaban J connectivity index is 2.69. The van der Waals surface area contributed by atoms with Gasteiger partial charge < -0.3 is 9.47 Å². The molecular formula is C11H12N4O5. The number of carbonyl (C=O) groups excluding carboxylic acids is 2. The predicted molar refractivity (Wildman–Crippen MR) is 67.5 cm³/mol. The highest BCUT2D eigenvalue weighted by Gasteiger charge is 2.40. The van der Waals surface area contributed by atoms with Gasteiger partial charge in [0.15, 0.2) is 5.71 Å². The summed E-state index contributed by atoms with van der Waals surface area (Å²) in [5, 5.41) is 11.1. The number of aromatic amines is 1. The van der Waals surface area contributed by atoms with E-state index in [-0.39, 0.29) is 11.3 Å².